The Labute approximate surface area is 108 Å². The molecule has 0 saturated carbocycles. The number of nitrogens with one attached hydrogen (secondary N) is 1. The maximum Gasteiger partial charge on any atom is 0.161 e. The average Bonchev–Trinajstić information content (AvgIpc) is 2.27. The van der Waals surface area contributed by atoms with Crippen molar-refractivity contribution in [3.8, 4) is 0 Å². The maximum atomic E-state index is 5.99. The Kier molecular flexibility index (Phi) is 4.10. The lowest BCUT2D eigenvalue weighted by molar-refractivity contribution is 0.0495. The Balaban J connectivity index is 2.11. The van der Waals surface area contributed by atoms with E-state index in [1.165, 1.54) is 0 Å². The Morgan fingerprint density at radius 3 is 2.56 bits per heavy atom. The molecule has 1 aromatic rings. The molecule has 1 fully saturated rings. The van der Waals surface area contributed by atoms with E-state index in [0.717, 1.165) is 13.1 Å². The molecule has 7 heteroatoms. The SMILES string of the molecule is Clc1cc(Cl)c(NN2CCOCC2)nc1Cl. The lowest BCUT2D eigenvalue weighted by atomic mass is 10.4. The van der Waals surface area contributed by atoms with Gasteiger partial charge in [-0.3, -0.25) is 0 Å². The normalized spacial score (nSPS) is 17.4. The fourth-order valence-electron chi connectivity index (χ4n) is 1.35. The number of ether oxygens (including phenoxy) is 1. The van der Waals surface area contributed by atoms with Gasteiger partial charge in [-0.15, -0.1) is 0 Å². The van der Waals surface area contributed by atoms with Crippen LogP contribution < -0.4 is 5.43 Å². The Hall–Kier alpha value is -0.260. The van der Waals surface area contributed by atoms with Crippen LogP contribution in [0.5, 0.6) is 0 Å². The molecular formula is C9H10Cl3N3O. The molecular weight excluding hydrogens is 272 g/mol. The van der Waals surface area contributed by atoms with Crippen LogP contribution in [0.25, 0.3) is 0 Å². The van der Waals surface area contributed by atoms with E-state index in [0.29, 0.717) is 29.1 Å². The molecule has 0 aliphatic carbocycles. The number of aromatic nitrogens is 1. The molecule has 2 heterocycles. The van der Waals surface area contributed by atoms with Crippen molar-refractivity contribution in [2.45, 2.75) is 0 Å². The monoisotopic (exact) mass is 281 g/mol. The predicted octanol–water partition coefficient (Wildman–Crippen LogP) is 2.70. The van der Waals surface area contributed by atoms with E-state index in [1.807, 2.05) is 5.01 Å². The van der Waals surface area contributed by atoms with Crippen LogP contribution in [-0.2, 0) is 4.74 Å². The van der Waals surface area contributed by atoms with Crippen molar-refractivity contribution in [2.75, 3.05) is 31.7 Å². The standard InChI is InChI=1S/C9H10Cl3N3O/c10-6-5-7(11)9(13-8(6)12)14-15-1-3-16-4-2-15/h5H,1-4H2,(H,13,14). The molecule has 0 bridgehead atoms. The molecule has 16 heavy (non-hydrogen) atoms. The first-order valence-corrected chi connectivity index (χ1v) is 5.91. The molecule has 1 saturated heterocycles. The molecule has 0 atom stereocenters. The summed E-state index contributed by atoms with van der Waals surface area (Å²) in [6.45, 7) is 2.92. The number of hydrogen-bond acceptors (Lipinski definition) is 4. The van der Waals surface area contributed by atoms with Crippen LogP contribution in [-0.4, -0.2) is 36.3 Å². The highest BCUT2D eigenvalue weighted by Crippen LogP contribution is 2.29. The first kappa shape index (κ1) is 12.2. The van der Waals surface area contributed by atoms with Crippen molar-refractivity contribution in [3.05, 3.63) is 21.3 Å². The minimum absolute atomic E-state index is 0.238. The number of hydrazine groups is 1. The molecule has 0 spiro atoms. The van der Waals surface area contributed by atoms with Crippen LogP contribution in [0.2, 0.25) is 15.2 Å². The first-order valence-electron chi connectivity index (χ1n) is 4.77. The summed E-state index contributed by atoms with van der Waals surface area (Å²) in [6.07, 6.45) is 0. The second-order valence-corrected chi connectivity index (χ2v) is 4.48. The minimum atomic E-state index is 0.238. The van der Waals surface area contributed by atoms with E-state index in [2.05, 4.69) is 10.4 Å². The van der Waals surface area contributed by atoms with Crippen LogP contribution in [0.15, 0.2) is 6.07 Å². The van der Waals surface area contributed by atoms with Crippen LogP contribution in [0.1, 0.15) is 0 Å². The summed E-state index contributed by atoms with van der Waals surface area (Å²) in [6, 6.07) is 1.57. The van der Waals surface area contributed by atoms with Gasteiger partial charge in [0.1, 0.15) is 5.15 Å². The van der Waals surface area contributed by atoms with Crippen LogP contribution >= 0.6 is 34.8 Å². The zero-order chi connectivity index (χ0) is 11.5. The fraction of sp³-hybridized carbons (Fsp3) is 0.444. The van der Waals surface area contributed by atoms with Gasteiger partial charge < -0.3 is 10.2 Å². The number of morpholine rings is 1. The molecule has 0 radical (unpaired) electrons. The van der Waals surface area contributed by atoms with Gasteiger partial charge >= 0.3 is 0 Å². The third-order valence-electron chi connectivity index (χ3n) is 2.16. The van der Waals surface area contributed by atoms with E-state index in [9.17, 15) is 0 Å². The number of rotatable bonds is 2. The second-order valence-electron chi connectivity index (χ2n) is 3.30. The molecule has 0 aromatic carbocycles. The van der Waals surface area contributed by atoms with E-state index in [1.54, 1.807) is 6.07 Å². The predicted molar refractivity (Wildman–Crippen MR) is 65.3 cm³/mol. The molecule has 1 aliphatic heterocycles. The highest BCUT2D eigenvalue weighted by Gasteiger charge is 2.13. The van der Waals surface area contributed by atoms with Crippen molar-refractivity contribution in [2.24, 2.45) is 0 Å². The third-order valence-corrected chi connectivity index (χ3v) is 3.12. The van der Waals surface area contributed by atoms with Crippen LogP contribution in [0.4, 0.5) is 5.82 Å². The summed E-state index contributed by atoms with van der Waals surface area (Å²) in [5, 5.41) is 3.00. The third kappa shape index (κ3) is 2.90. The van der Waals surface area contributed by atoms with Gasteiger partial charge in [-0.05, 0) is 6.07 Å². The maximum absolute atomic E-state index is 5.99. The van der Waals surface area contributed by atoms with Gasteiger partial charge in [-0.25, -0.2) is 9.99 Å². The smallest absolute Gasteiger partial charge is 0.161 e. The number of halogens is 3. The van der Waals surface area contributed by atoms with Gasteiger partial charge in [0.25, 0.3) is 0 Å². The van der Waals surface area contributed by atoms with E-state index in [4.69, 9.17) is 39.5 Å². The number of pyridine rings is 1. The van der Waals surface area contributed by atoms with Gasteiger partial charge in [-0.1, -0.05) is 34.8 Å². The first-order chi connectivity index (χ1) is 7.66. The van der Waals surface area contributed by atoms with Gasteiger partial charge in [0.15, 0.2) is 5.82 Å². The number of nitrogens with zero attached hydrogens (tertiary/aromatic N) is 2. The van der Waals surface area contributed by atoms with Crippen molar-refractivity contribution >= 4 is 40.6 Å². The van der Waals surface area contributed by atoms with Crippen molar-refractivity contribution in [1.82, 2.24) is 9.99 Å². The quantitative estimate of drug-likeness (QED) is 0.846. The molecule has 88 valence electrons. The Morgan fingerprint density at radius 1 is 1.19 bits per heavy atom. The topological polar surface area (TPSA) is 37.4 Å². The van der Waals surface area contributed by atoms with Crippen molar-refractivity contribution in [3.63, 3.8) is 0 Å². The highest BCUT2D eigenvalue weighted by molar-refractivity contribution is 6.42. The van der Waals surface area contributed by atoms with Crippen molar-refractivity contribution in [1.29, 1.82) is 0 Å². The van der Waals surface area contributed by atoms with Gasteiger partial charge in [0.2, 0.25) is 0 Å². The zero-order valence-electron chi connectivity index (χ0n) is 8.34. The molecule has 1 aromatic heterocycles. The molecule has 4 nitrogen and oxygen atoms in total. The fourth-order valence-corrected chi connectivity index (χ4v) is 1.89. The largest absolute Gasteiger partial charge is 0.379 e. The average molecular weight is 283 g/mol. The summed E-state index contributed by atoms with van der Waals surface area (Å²) >= 11 is 17.6. The highest BCUT2D eigenvalue weighted by atomic mass is 35.5. The summed E-state index contributed by atoms with van der Waals surface area (Å²) < 4.78 is 5.23. The molecule has 0 amide bonds. The summed E-state index contributed by atoms with van der Waals surface area (Å²) in [4.78, 5) is 4.07. The molecule has 1 aliphatic rings. The van der Waals surface area contributed by atoms with Gasteiger partial charge in [0, 0.05) is 13.1 Å². The lowest BCUT2D eigenvalue weighted by Crippen LogP contribution is -2.40. The molecule has 1 N–H and O–H groups in total. The van der Waals surface area contributed by atoms with Gasteiger partial charge in [-0.2, -0.15) is 0 Å². The minimum Gasteiger partial charge on any atom is -0.379 e. The summed E-state index contributed by atoms with van der Waals surface area (Å²) in [5.74, 6) is 0.512. The molecule has 0 unspecified atom stereocenters. The number of anilines is 1. The van der Waals surface area contributed by atoms with E-state index < -0.39 is 0 Å². The van der Waals surface area contributed by atoms with E-state index >= 15 is 0 Å². The number of hydrogen-bond donors (Lipinski definition) is 1. The van der Waals surface area contributed by atoms with Gasteiger partial charge in [0.05, 0.1) is 23.3 Å². The summed E-state index contributed by atoms with van der Waals surface area (Å²) in [7, 11) is 0. The summed E-state index contributed by atoms with van der Waals surface area (Å²) in [5.41, 5.74) is 3.08. The van der Waals surface area contributed by atoms with E-state index in [-0.39, 0.29) is 5.15 Å². The Morgan fingerprint density at radius 2 is 1.88 bits per heavy atom. The Bertz CT molecular complexity index is 383. The van der Waals surface area contributed by atoms with Crippen molar-refractivity contribution < 1.29 is 4.74 Å². The van der Waals surface area contributed by atoms with Crippen LogP contribution in [0.3, 0.4) is 0 Å². The zero-order valence-corrected chi connectivity index (χ0v) is 10.6. The second kappa shape index (κ2) is 5.38. The lowest BCUT2D eigenvalue weighted by Gasteiger charge is -2.27. The molecule has 2 rings (SSSR count). The van der Waals surface area contributed by atoms with Crippen LogP contribution in [0, 0.1) is 0 Å².